The van der Waals surface area contributed by atoms with Crippen LogP contribution in [0.1, 0.15) is 5.56 Å². The third-order valence-electron chi connectivity index (χ3n) is 8.77. The normalized spacial score (nSPS) is 10.9. The molecule has 0 fully saturated rings. The van der Waals surface area contributed by atoms with E-state index >= 15 is 0 Å². The molecule has 0 unspecified atom stereocenters. The average molecular weight is 772 g/mol. The highest BCUT2D eigenvalue weighted by Gasteiger charge is 2.26. The Bertz CT molecular complexity index is 2320. The second-order valence-electron chi connectivity index (χ2n) is 13.4. The number of carbonyl (C=O) groups is 4. The number of carboxylic acids is 4. The molecule has 0 aromatic heterocycles. The van der Waals surface area contributed by atoms with Crippen LogP contribution in [0.25, 0.3) is 33.4 Å². The number of phenols is 1. The number of aryl methyl sites for hydroxylation is 1. The molecule has 3 aromatic carbocycles. The van der Waals surface area contributed by atoms with Gasteiger partial charge in [0.15, 0.2) is 0 Å². The molecule has 0 spiro atoms. The van der Waals surface area contributed by atoms with E-state index in [0.29, 0.717) is 27.9 Å². The maximum Gasteiger partial charge on any atom is 0.323 e. The minimum atomic E-state index is -1.32. The van der Waals surface area contributed by atoms with Gasteiger partial charge in [-0.05, 0) is 48.9 Å². The van der Waals surface area contributed by atoms with E-state index in [1.807, 2.05) is 74.1 Å². The highest BCUT2D eigenvalue weighted by molar-refractivity contribution is 6.04. The van der Waals surface area contributed by atoms with Crippen LogP contribution >= 0.6 is 0 Å². The summed E-state index contributed by atoms with van der Waals surface area (Å²) in [5, 5.41) is 51.5. The van der Waals surface area contributed by atoms with Gasteiger partial charge in [-0.25, -0.2) is 4.58 Å². The molecule has 0 saturated carbocycles. The molecule has 56 heavy (non-hydrogen) atoms. The molecule has 1 aliphatic carbocycles. The van der Waals surface area contributed by atoms with Crippen LogP contribution in [0, 0.1) is 6.92 Å². The molecule has 16 heteroatoms. The topological polar surface area (TPSA) is 214 Å². The molecule has 1 aliphatic heterocycles. The summed E-state index contributed by atoms with van der Waals surface area (Å²) >= 11 is 0. The summed E-state index contributed by atoms with van der Waals surface area (Å²) in [6.45, 7) is -1.24. The third-order valence-corrected chi connectivity index (χ3v) is 8.77. The van der Waals surface area contributed by atoms with Crippen LogP contribution in [0.2, 0.25) is 0 Å². The fourth-order valence-corrected chi connectivity index (χ4v) is 6.24. The highest BCUT2D eigenvalue weighted by Crippen LogP contribution is 2.47. The number of anilines is 3. The van der Waals surface area contributed by atoms with Crippen LogP contribution < -0.4 is 34.1 Å². The number of benzene rings is 4. The van der Waals surface area contributed by atoms with E-state index in [1.54, 1.807) is 25.1 Å². The van der Waals surface area contributed by atoms with Gasteiger partial charge in [0.25, 0.3) is 0 Å². The predicted octanol–water partition coefficient (Wildman–Crippen LogP) is 3.73. The van der Waals surface area contributed by atoms with E-state index < -0.39 is 50.1 Å². The van der Waals surface area contributed by atoms with E-state index in [4.69, 9.17) is 13.9 Å². The van der Waals surface area contributed by atoms with Crippen molar-refractivity contribution in [2.75, 3.05) is 82.3 Å². The lowest BCUT2D eigenvalue weighted by atomic mass is 9.92. The Hall–Kier alpha value is -6.97. The van der Waals surface area contributed by atoms with Crippen molar-refractivity contribution in [2.24, 2.45) is 0 Å². The van der Waals surface area contributed by atoms with Gasteiger partial charge in [0.2, 0.25) is 5.36 Å². The third kappa shape index (κ3) is 9.39. The molecule has 5 N–H and O–H groups in total. The minimum absolute atomic E-state index is 0.0135. The van der Waals surface area contributed by atoms with Gasteiger partial charge in [-0.2, -0.15) is 0 Å². The largest absolute Gasteiger partial charge is 0.507 e. The first kappa shape index (κ1) is 40.2. The zero-order chi connectivity index (χ0) is 40.8. The summed E-state index contributed by atoms with van der Waals surface area (Å²) in [7, 11) is 7.58. The Morgan fingerprint density at radius 3 is 1.80 bits per heavy atom. The molecular weight excluding hydrogens is 728 g/mol. The predicted molar refractivity (Wildman–Crippen MR) is 209 cm³/mol. The maximum absolute atomic E-state index is 11.9. The molecule has 0 amide bonds. The fraction of sp³-hybridized carbons (Fsp3) is 0.275. The van der Waals surface area contributed by atoms with Crippen LogP contribution in [0.5, 0.6) is 17.2 Å². The molecule has 16 nitrogen and oxygen atoms in total. The number of nitrogens with zero attached hydrogens (tertiary/aromatic N) is 4. The smallest absolute Gasteiger partial charge is 0.323 e. The first-order chi connectivity index (χ1) is 26.5. The molecule has 3 aromatic rings. The summed E-state index contributed by atoms with van der Waals surface area (Å²) in [5.41, 5.74) is 3.85. The first-order valence-electron chi connectivity index (χ1n) is 17.3. The highest BCUT2D eigenvalue weighted by atomic mass is 16.5. The van der Waals surface area contributed by atoms with Gasteiger partial charge >= 0.3 is 23.9 Å². The summed E-state index contributed by atoms with van der Waals surface area (Å²) in [5.74, 6) is -4.67. The molecule has 0 atom stereocenters. The van der Waals surface area contributed by atoms with Crippen LogP contribution in [-0.4, -0.2) is 117 Å². The molecule has 0 radical (unpaired) electrons. The van der Waals surface area contributed by atoms with E-state index in [-0.39, 0.29) is 47.4 Å². The number of hydrogen-bond acceptors (Lipinski definition) is 11. The van der Waals surface area contributed by atoms with Crippen LogP contribution in [-0.2, 0) is 19.2 Å². The number of ether oxygens (including phenoxy) is 2. The lowest BCUT2D eigenvalue weighted by Crippen LogP contribution is -2.35. The number of hydrogen-bond donors (Lipinski definition) is 5. The average Bonchev–Trinajstić information content (AvgIpc) is 3.11. The molecule has 5 rings (SSSR count). The summed E-state index contributed by atoms with van der Waals surface area (Å²) < 4.78 is 20.5. The Labute approximate surface area is 321 Å². The molecular formula is C40H43N4O12+. The molecule has 2 aliphatic rings. The summed E-state index contributed by atoms with van der Waals surface area (Å²) in [6, 6.07) is 18.9. The number of phenolic OH excluding ortho intramolecular Hbond substituents is 1. The fourth-order valence-electron chi connectivity index (χ4n) is 6.24. The van der Waals surface area contributed by atoms with Crippen molar-refractivity contribution in [1.82, 2.24) is 4.58 Å². The van der Waals surface area contributed by atoms with Gasteiger partial charge in [0, 0.05) is 60.1 Å². The Morgan fingerprint density at radius 1 is 0.679 bits per heavy atom. The molecule has 0 bridgehead atoms. The Balaban J connectivity index is 1.62. The van der Waals surface area contributed by atoms with Gasteiger partial charge in [-0.3, -0.25) is 19.2 Å². The summed E-state index contributed by atoms with van der Waals surface area (Å²) in [6.07, 6.45) is 0. The van der Waals surface area contributed by atoms with Crippen molar-refractivity contribution in [3.05, 3.63) is 77.7 Å². The van der Waals surface area contributed by atoms with Crippen molar-refractivity contribution >= 4 is 51.9 Å². The van der Waals surface area contributed by atoms with Gasteiger partial charge in [-0.15, -0.1) is 0 Å². The standard InChI is InChI=1S/C40H42N4O12/c1-23-6-11-29(43(19-36(46)47)20-37(48)49)34(14-23)54-12-13-55-35-17-28(31(45)18-30(35)44(21-38(50)51)22-39(52)53)40-26-9-7-24(41(2)3)15-32(26)56-33-16-25(42(4)5)8-10-27(33)40/h6-11,14-18H,12-13,19-22H2,1-5H3,(H4,46,47,48,49,50,51,52,53)/p+1. The van der Waals surface area contributed by atoms with Gasteiger partial charge in [0.1, 0.15) is 82.1 Å². The second-order valence-corrected chi connectivity index (χ2v) is 13.4. The van der Waals surface area contributed by atoms with Crippen LogP contribution in [0.15, 0.2) is 71.1 Å². The minimum Gasteiger partial charge on any atom is -0.507 e. The zero-order valence-electron chi connectivity index (χ0n) is 31.5. The number of aromatic hydroxyl groups is 1. The summed E-state index contributed by atoms with van der Waals surface area (Å²) in [4.78, 5) is 51.0. The van der Waals surface area contributed by atoms with Gasteiger partial charge < -0.3 is 54.1 Å². The molecule has 1 heterocycles. The number of fused-ring (bicyclic) bond motifs is 2. The number of aliphatic carboxylic acids is 4. The number of rotatable bonds is 17. The van der Waals surface area contributed by atoms with Crippen LogP contribution in [0.4, 0.5) is 17.1 Å². The quantitative estimate of drug-likeness (QED) is 0.0518. The van der Waals surface area contributed by atoms with Crippen molar-refractivity contribution in [3.8, 4) is 39.7 Å². The second kappa shape index (κ2) is 17.0. The van der Waals surface area contributed by atoms with Crippen LogP contribution in [0.3, 0.4) is 0 Å². The van der Waals surface area contributed by atoms with Crippen molar-refractivity contribution in [2.45, 2.75) is 6.92 Å². The van der Waals surface area contributed by atoms with E-state index in [2.05, 4.69) is 0 Å². The monoisotopic (exact) mass is 771 g/mol. The van der Waals surface area contributed by atoms with Crippen molar-refractivity contribution < 1.29 is 58.6 Å². The van der Waals surface area contributed by atoms with E-state index in [1.165, 1.54) is 12.1 Å². The first-order valence-corrected chi connectivity index (χ1v) is 17.3. The molecule has 294 valence electrons. The lowest BCUT2D eigenvalue weighted by Gasteiger charge is -2.26. The number of carboxylic acid groups (broad SMARTS) is 4. The van der Waals surface area contributed by atoms with Gasteiger partial charge in [-0.1, -0.05) is 6.07 Å². The SMILES string of the molecule is Cc1ccc(N(CC(=O)O)CC(=O)O)c(OCCOc2cc(-c3c4ccc(=[N+](C)C)cc-4oc4cc(N(C)C)ccc34)c(O)cc2N(CC(=O)O)CC(=O)O)c1. The maximum atomic E-state index is 11.9. The zero-order valence-corrected chi connectivity index (χ0v) is 31.5. The Morgan fingerprint density at radius 2 is 1.25 bits per heavy atom. The van der Waals surface area contributed by atoms with Gasteiger partial charge in [0.05, 0.1) is 17.4 Å². The van der Waals surface area contributed by atoms with E-state index in [0.717, 1.165) is 26.4 Å². The van der Waals surface area contributed by atoms with Crippen molar-refractivity contribution in [1.29, 1.82) is 0 Å². The Kier molecular flexibility index (Phi) is 12.2. The van der Waals surface area contributed by atoms with E-state index in [9.17, 15) is 44.7 Å². The molecule has 0 saturated heterocycles. The lowest BCUT2D eigenvalue weighted by molar-refractivity contribution is -0.138. The van der Waals surface area contributed by atoms with Crippen molar-refractivity contribution in [3.63, 3.8) is 0 Å².